The summed E-state index contributed by atoms with van der Waals surface area (Å²) in [5.41, 5.74) is -0.694. The number of nitrogens with one attached hydrogen (secondary N) is 3. The monoisotopic (exact) mass is 269 g/mol. The second-order valence-electron chi connectivity index (χ2n) is 6.78. The van der Waals surface area contributed by atoms with E-state index in [1.807, 2.05) is 27.7 Å². The van der Waals surface area contributed by atoms with Crippen LogP contribution >= 0.6 is 0 Å². The van der Waals surface area contributed by atoms with Crippen LogP contribution in [0.2, 0.25) is 0 Å². The van der Waals surface area contributed by atoms with Gasteiger partial charge in [0.25, 0.3) is 0 Å². The van der Waals surface area contributed by atoms with Gasteiger partial charge in [0.15, 0.2) is 0 Å². The minimum Gasteiger partial charge on any atom is -0.350 e. The zero-order valence-electron chi connectivity index (χ0n) is 12.7. The van der Waals surface area contributed by atoms with E-state index in [-0.39, 0.29) is 17.4 Å². The predicted molar refractivity (Wildman–Crippen MR) is 75.7 cm³/mol. The smallest absolute Gasteiger partial charge is 0.242 e. The van der Waals surface area contributed by atoms with Gasteiger partial charge in [0.2, 0.25) is 11.8 Å². The van der Waals surface area contributed by atoms with Crippen molar-refractivity contribution in [2.24, 2.45) is 5.41 Å². The van der Waals surface area contributed by atoms with Crippen LogP contribution in [0.4, 0.5) is 0 Å². The van der Waals surface area contributed by atoms with E-state index in [9.17, 15) is 9.59 Å². The van der Waals surface area contributed by atoms with Crippen LogP contribution < -0.4 is 16.0 Å². The van der Waals surface area contributed by atoms with Gasteiger partial charge in [-0.25, -0.2) is 0 Å². The lowest BCUT2D eigenvalue weighted by Gasteiger charge is -2.34. The Balaban J connectivity index is 2.54. The Morgan fingerprint density at radius 2 is 1.95 bits per heavy atom. The van der Waals surface area contributed by atoms with E-state index in [2.05, 4.69) is 16.0 Å². The molecule has 5 heteroatoms. The van der Waals surface area contributed by atoms with Crippen LogP contribution in [0.25, 0.3) is 0 Å². The number of carbonyl (C=O) groups is 2. The summed E-state index contributed by atoms with van der Waals surface area (Å²) in [6.45, 7) is 11.1. The Morgan fingerprint density at radius 1 is 1.32 bits per heavy atom. The van der Waals surface area contributed by atoms with Crippen molar-refractivity contribution in [3.05, 3.63) is 0 Å². The highest BCUT2D eigenvalue weighted by Crippen LogP contribution is 2.25. The van der Waals surface area contributed by atoms with Crippen molar-refractivity contribution in [2.45, 2.75) is 59.0 Å². The molecule has 0 saturated carbocycles. The highest BCUT2D eigenvalue weighted by molar-refractivity contribution is 5.90. The number of carbonyl (C=O) groups excluding carboxylic acids is 2. The van der Waals surface area contributed by atoms with Gasteiger partial charge in [0.1, 0.15) is 6.04 Å². The Kier molecular flexibility index (Phi) is 4.96. The van der Waals surface area contributed by atoms with Gasteiger partial charge in [-0.15, -0.1) is 0 Å². The van der Waals surface area contributed by atoms with Gasteiger partial charge in [0, 0.05) is 12.1 Å². The summed E-state index contributed by atoms with van der Waals surface area (Å²) in [7, 11) is 0. The van der Waals surface area contributed by atoms with Crippen molar-refractivity contribution in [3.63, 3.8) is 0 Å². The van der Waals surface area contributed by atoms with Crippen LogP contribution in [0.5, 0.6) is 0 Å². The number of hydrogen-bond donors (Lipinski definition) is 3. The highest BCUT2D eigenvalue weighted by Gasteiger charge is 2.36. The topological polar surface area (TPSA) is 70.2 Å². The third-order valence-corrected chi connectivity index (χ3v) is 3.38. The summed E-state index contributed by atoms with van der Waals surface area (Å²) < 4.78 is 0. The summed E-state index contributed by atoms with van der Waals surface area (Å²) >= 11 is 0. The van der Waals surface area contributed by atoms with Crippen molar-refractivity contribution < 1.29 is 9.59 Å². The fraction of sp³-hybridized carbons (Fsp3) is 0.857. The maximum absolute atomic E-state index is 12.3. The first-order valence-corrected chi connectivity index (χ1v) is 6.98. The summed E-state index contributed by atoms with van der Waals surface area (Å²) in [5, 5.41) is 8.93. The molecule has 19 heavy (non-hydrogen) atoms. The third kappa shape index (κ3) is 4.82. The first-order chi connectivity index (χ1) is 8.64. The fourth-order valence-electron chi connectivity index (χ4n) is 2.16. The van der Waals surface area contributed by atoms with Crippen LogP contribution in [-0.2, 0) is 9.59 Å². The molecule has 1 heterocycles. The molecule has 1 fully saturated rings. The molecule has 0 aromatic rings. The third-order valence-electron chi connectivity index (χ3n) is 3.38. The van der Waals surface area contributed by atoms with E-state index in [0.29, 0.717) is 6.54 Å². The van der Waals surface area contributed by atoms with Gasteiger partial charge in [-0.1, -0.05) is 0 Å². The molecule has 2 amide bonds. The molecule has 0 aliphatic carbocycles. The highest BCUT2D eigenvalue weighted by atomic mass is 16.2. The number of amides is 2. The maximum atomic E-state index is 12.3. The maximum Gasteiger partial charge on any atom is 0.242 e. The molecule has 0 bridgehead atoms. The van der Waals surface area contributed by atoms with E-state index in [0.717, 1.165) is 19.4 Å². The quantitative estimate of drug-likeness (QED) is 0.709. The van der Waals surface area contributed by atoms with E-state index in [1.165, 1.54) is 0 Å². The first kappa shape index (κ1) is 16.0. The number of hydrogen-bond acceptors (Lipinski definition) is 3. The van der Waals surface area contributed by atoms with Crippen molar-refractivity contribution in [3.8, 4) is 0 Å². The lowest BCUT2D eigenvalue weighted by molar-refractivity contribution is -0.135. The standard InChI is InChI=1S/C14H27N3O2/c1-10(11(18)17-13(2,3)4)16-12(19)14(5)7-6-8-15-9-14/h10,15H,6-9H2,1-5H3,(H,16,19)(H,17,18). The Morgan fingerprint density at radius 3 is 2.42 bits per heavy atom. The van der Waals surface area contributed by atoms with E-state index < -0.39 is 11.5 Å². The molecule has 1 saturated heterocycles. The van der Waals surface area contributed by atoms with Crippen molar-refractivity contribution in [2.75, 3.05) is 13.1 Å². The second-order valence-corrected chi connectivity index (χ2v) is 6.78. The van der Waals surface area contributed by atoms with Crippen LogP contribution in [0, 0.1) is 5.41 Å². The molecule has 2 unspecified atom stereocenters. The SMILES string of the molecule is CC(NC(=O)C1(C)CCCNC1)C(=O)NC(C)(C)C. The molecule has 0 aromatic carbocycles. The molecule has 2 atom stereocenters. The number of rotatable bonds is 3. The lowest BCUT2D eigenvalue weighted by atomic mass is 9.81. The van der Waals surface area contributed by atoms with Crippen LogP contribution in [0.15, 0.2) is 0 Å². The Hall–Kier alpha value is -1.10. The van der Waals surface area contributed by atoms with Gasteiger partial charge in [0.05, 0.1) is 5.41 Å². The van der Waals surface area contributed by atoms with E-state index in [4.69, 9.17) is 0 Å². The largest absolute Gasteiger partial charge is 0.350 e. The summed E-state index contributed by atoms with van der Waals surface area (Å²) in [5.74, 6) is -0.190. The summed E-state index contributed by atoms with van der Waals surface area (Å²) in [4.78, 5) is 24.2. The molecule has 1 aliphatic heterocycles. The minimum absolute atomic E-state index is 0.0451. The van der Waals surface area contributed by atoms with Crippen LogP contribution in [-0.4, -0.2) is 36.5 Å². The van der Waals surface area contributed by atoms with Gasteiger partial charge in [-0.2, -0.15) is 0 Å². The molecule has 0 spiro atoms. The van der Waals surface area contributed by atoms with E-state index in [1.54, 1.807) is 6.92 Å². The average Bonchev–Trinajstić information content (AvgIpc) is 2.27. The van der Waals surface area contributed by atoms with Crippen molar-refractivity contribution >= 4 is 11.8 Å². The predicted octanol–water partition coefficient (Wildman–Crippen LogP) is 0.796. The molecule has 3 N–H and O–H groups in total. The molecule has 1 rings (SSSR count). The molecular weight excluding hydrogens is 242 g/mol. The molecule has 1 aliphatic rings. The van der Waals surface area contributed by atoms with Gasteiger partial charge >= 0.3 is 0 Å². The van der Waals surface area contributed by atoms with Gasteiger partial charge in [-0.3, -0.25) is 9.59 Å². The lowest BCUT2D eigenvalue weighted by Crippen LogP contribution is -2.55. The fourth-order valence-corrected chi connectivity index (χ4v) is 2.16. The van der Waals surface area contributed by atoms with Gasteiger partial charge < -0.3 is 16.0 Å². The van der Waals surface area contributed by atoms with Crippen molar-refractivity contribution in [1.82, 2.24) is 16.0 Å². The molecule has 0 aromatic heterocycles. The summed E-state index contributed by atoms with van der Waals surface area (Å²) in [6, 6.07) is -0.509. The zero-order chi connectivity index (χ0) is 14.7. The Bertz CT molecular complexity index is 341. The second kappa shape index (κ2) is 5.90. The molecule has 110 valence electrons. The summed E-state index contributed by atoms with van der Waals surface area (Å²) in [6.07, 6.45) is 1.85. The van der Waals surface area contributed by atoms with Gasteiger partial charge in [-0.05, 0) is 54.0 Å². The van der Waals surface area contributed by atoms with Crippen LogP contribution in [0.3, 0.4) is 0 Å². The first-order valence-electron chi connectivity index (χ1n) is 6.98. The minimum atomic E-state index is -0.509. The Labute approximate surface area is 115 Å². The molecule has 5 nitrogen and oxygen atoms in total. The molecule has 0 radical (unpaired) electrons. The normalized spacial score (nSPS) is 25.5. The molecular formula is C14H27N3O2. The zero-order valence-corrected chi connectivity index (χ0v) is 12.7. The average molecular weight is 269 g/mol. The van der Waals surface area contributed by atoms with Crippen LogP contribution in [0.1, 0.15) is 47.5 Å². The van der Waals surface area contributed by atoms with E-state index >= 15 is 0 Å². The number of piperidine rings is 1. The van der Waals surface area contributed by atoms with Crippen molar-refractivity contribution in [1.29, 1.82) is 0 Å².